The van der Waals surface area contributed by atoms with E-state index < -0.39 is 5.60 Å². The Bertz CT molecular complexity index is 524. The van der Waals surface area contributed by atoms with Crippen molar-refractivity contribution in [3.05, 3.63) is 59.7 Å². The molecule has 2 aromatic rings. The van der Waals surface area contributed by atoms with Gasteiger partial charge in [-0.05, 0) is 49.2 Å². The average Bonchev–Trinajstić information content (AvgIpc) is 2.37. The van der Waals surface area contributed by atoms with E-state index in [4.69, 9.17) is 10.5 Å². The van der Waals surface area contributed by atoms with Gasteiger partial charge in [0.25, 0.3) is 0 Å². The largest absolute Gasteiger partial charge is 0.489 e. The second-order valence-corrected chi connectivity index (χ2v) is 5.11. The first-order valence-electron chi connectivity index (χ1n) is 6.25. The third-order valence-electron chi connectivity index (χ3n) is 2.95. The number of hydrogen-bond acceptors (Lipinski definition) is 3. The van der Waals surface area contributed by atoms with E-state index in [1.54, 1.807) is 13.8 Å². The maximum absolute atomic E-state index is 9.87. The molecule has 19 heavy (non-hydrogen) atoms. The van der Waals surface area contributed by atoms with Gasteiger partial charge in [-0.2, -0.15) is 0 Å². The Morgan fingerprint density at radius 2 is 1.58 bits per heavy atom. The van der Waals surface area contributed by atoms with E-state index in [0.29, 0.717) is 6.61 Å². The summed E-state index contributed by atoms with van der Waals surface area (Å²) in [5, 5.41) is 9.87. The molecule has 0 radical (unpaired) electrons. The highest BCUT2D eigenvalue weighted by Gasteiger charge is 2.14. The number of anilines is 1. The predicted octanol–water partition coefficient (Wildman–Crippen LogP) is 3.08. The van der Waals surface area contributed by atoms with E-state index in [2.05, 4.69) is 0 Å². The van der Waals surface area contributed by atoms with Crippen LogP contribution < -0.4 is 10.5 Å². The smallest absolute Gasteiger partial charge is 0.119 e. The number of hydrogen-bond donors (Lipinski definition) is 2. The summed E-state index contributed by atoms with van der Waals surface area (Å²) in [4.78, 5) is 0. The molecule has 0 aliphatic rings. The van der Waals surface area contributed by atoms with Crippen molar-refractivity contribution in [1.29, 1.82) is 0 Å². The molecule has 0 bridgehead atoms. The Labute approximate surface area is 113 Å². The van der Waals surface area contributed by atoms with Crippen LogP contribution in [-0.2, 0) is 12.2 Å². The van der Waals surface area contributed by atoms with Gasteiger partial charge in [0, 0.05) is 5.69 Å². The van der Waals surface area contributed by atoms with E-state index >= 15 is 0 Å². The zero-order valence-electron chi connectivity index (χ0n) is 11.3. The van der Waals surface area contributed by atoms with Crippen LogP contribution in [0.4, 0.5) is 5.69 Å². The summed E-state index contributed by atoms with van der Waals surface area (Å²) in [5.74, 6) is 0.792. The summed E-state index contributed by atoms with van der Waals surface area (Å²) in [6, 6.07) is 15.1. The Kier molecular flexibility index (Phi) is 3.76. The lowest BCUT2D eigenvalue weighted by Crippen LogP contribution is -2.15. The zero-order valence-corrected chi connectivity index (χ0v) is 11.3. The van der Waals surface area contributed by atoms with Crippen LogP contribution in [0.2, 0.25) is 0 Å². The molecule has 0 unspecified atom stereocenters. The summed E-state index contributed by atoms with van der Waals surface area (Å²) in [7, 11) is 0. The van der Waals surface area contributed by atoms with Gasteiger partial charge in [-0.25, -0.2) is 0 Å². The van der Waals surface area contributed by atoms with Crippen molar-refractivity contribution in [2.45, 2.75) is 26.1 Å². The molecule has 0 saturated carbocycles. The van der Waals surface area contributed by atoms with Crippen molar-refractivity contribution in [1.82, 2.24) is 0 Å². The summed E-state index contributed by atoms with van der Waals surface area (Å²) < 4.78 is 5.65. The Morgan fingerprint density at radius 3 is 2.11 bits per heavy atom. The molecule has 0 heterocycles. The highest BCUT2D eigenvalue weighted by atomic mass is 16.5. The van der Waals surface area contributed by atoms with Gasteiger partial charge in [0.15, 0.2) is 0 Å². The van der Waals surface area contributed by atoms with Crippen LogP contribution in [0.1, 0.15) is 25.0 Å². The van der Waals surface area contributed by atoms with Crippen molar-refractivity contribution in [2.24, 2.45) is 0 Å². The van der Waals surface area contributed by atoms with Crippen molar-refractivity contribution in [3.63, 3.8) is 0 Å². The standard InChI is InChI=1S/C16H19NO2/c1-16(2,18)13-5-3-12(4-6-13)11-19-15-9-7-14(17)8-10-15/h3-10,18H,11,17H2,1-2H3. The average molecular weight is 257 g/mol. The van der Waals surface area contributed by atoms with Gasteiger partial charge in [-0.3, -0.25) is 0 Å². The molecule has 3 N–H and O–H groups in total. The van der Waals surface area contributed by atoms with Crippen molar-refractivity contribution in [3.8, 4) is 5.75 Å². The first-order valence-corrected chi connectivity index (χ1v) is 6.25. The minimum atomic E-state index is -0.809. The van der Waals surface area contributed by atoms with Crippen LogP contribution in [0.3, 0.4) is 0 Å². The topological polar surface area (TPSA) is 55.5 Å². The fourth-order valence-electron chi connectivity index (χ4n) is 1.74. The molecule has 0 aliphatic carbocycles. The highest BCUT2D eigenvalue weighted by molar-refractivity contribution is 5.41. The summed E-state index contributed by atoms with van der Waals surface area (Å²) >= 11 is 0. The third kappa shape index (κ3) is 3.73. The Morgan fingerprint density at radius 1 is 1.00 bits per heavy atom. The first kappa shape index (κ1) is 13.4. The summed E-state index contributed by atoms with van der Waals surface area (Å²) in [5.41, 5.74) is 7.48. The molecule has 2 rings (SSSR count). The number of ether oxygens (including phenoxy) is 1. The van der Waals surface area contributed by atoms with Gasteiger partial charge in [-0.15, -0.1) is 0 Å². The second kappa shape index (κ2) is 5.33. The lowest BCUT2D eigenvalue weighted by Gasteiger charge is -2.18. The molecule has 0 atom stereocenters. The Balaban J connectivity index is 1.98. The monoisotopic (exact) mass is 257 g/mol. The Hall–Kier alpha value is -2.00. The molecule has 3 heteroatoms. The molecule has 0 spiro atoms. The van der Waals surface area contributed by atoms with Crippen molar-refractivity contribution in [2.75, 3.05) is 5.73 Å². The van der Waals surface area contributed by atoms with Gasteiger partial charge in [0.05, 0.1) is 5.60 Å². The predicted molar refractivity (Wildman–Crippen MR) is 76.9 cm³/mol. The van der Waals surface area contributed by atoms with E-state index in [-0.39, 0.29) is 0 Å². The van der Waals surface area contributed by atoms with Gasteiger partial charge >= 0.3 is 0 Å². The van der Waals surface area contributed by atoms with Crippen LogP contribution in [0.15, 0.2) is 48.5 Å². The van der Waals surface area contributed by atoms with Crippen molar-refractivity contribution < 1.29 is 9.84 Å². The minimum Gasteiger partial charge on any atom is -0.489 e. The van der Waals surface area contributed by atoms with Crippen LogP contribution >= 0.6 is 0 Å². The molecule has 2 aromatic carbocycles. The van der Waals surface area contributed by atoms with E-state index in [1.165, 1.54) is 0 Å². The number of rotatable bonds is 4. The molecule has 100 valence electrons. The number of nitrogen functional groups attached to an aromatic ring is 1. The quantitative estimate of drug-likeness (QED) is 0.828. The fraction of sp³-hybridized carbons (Fsp3) is 0.250. The van der Waals surface area contributed by atoms with E-state index in [0.717, 1.165) is 22.6 Å². The molecule has 0 saturated heterocycles. The SMILES string of the molecule is CC(C)(O)c1ccc(COc2ccc(N)cc2)cc1. The minimum absolute atomic E-state index is 0.496. The maximum Gasteiger partial charge on any atom is 0.119 e. The van der Waals surface area contributed by atoms with Gasteiger partial charge in [-0.1, -0.05) is 24.3 Å². The number of benzene rings is 2. The van der Waals surface area contributed by atoms with Gasteiger partial charge < -0.3 is 15.6 Å². The lowest BCUT2D eigenvalue weighted by atomic mass is 9.97. The van der Waals surface area contributed by atoms with Crippen LogP contribution in [0, 0.1) is 0 Å². The number of aliphatic hydroxyl groups is 1. The molecule has 0 aliphatic heterocycles. The van der Waals surface area contributed by atoms with Crippen molar-refractivity contribution >= 4 is 5.69 Å². The highest BCUT2D eigenvalue weighted by Crippen LogP contribution is 2.20. The normalized spacial score (nSPS) is 11.3. The molecule has 3 nitrogen and oxygen atoms in total. The first-order chi connectivity index (χ1) is 8.95. The third-order valence-corrected chi connectivity index (χ3v) is 2.95. The fourth-order valence-corrected chi connectivity index (χ4v) is 1.74. The molecular weight excluding hydrogens is 238 g/mol. The van der Waals surface area contributed by atoms with Gasteiger partial charge in [0.1, 0.15) is 12.4 Å². The van der Waals surface area contributed by atoms with Crippen LogP contribution in [0.5, 0.6) is 5.75 Å². The second-order valence-electron chi connectivity index (χ2n) is 5.11. The van der Waals surface area contributed by atoms with E-state index in [9.17, 15) is 5.11 Å². The molecule has 0 aromatic heterocycles. The number of nitrogens with two attached hydrogens (primary N) is 1. The van der Waals surface area contributed by atoms with Gasteiger partial charge in [0.2, 0.25) is 0 Å². The van der Waals surface area contributed by atoms with E-state index in [1.807, 2.05) is 48.5 Å². The summed E-state index contributed by atoms with van der Waals surface area (Å²) in [6.45, 7) is 4.04. The molecule has 0 fully saturated rings. The molecular formula is C16H19NO2. The molecule has 0 amide bonds. The van der Waals surface area contributed by atoms with Crippen LogP contribution in [-0.4, -0.2) is 5.11 Å². The van der Waals surface area contributed by atoms with Crippen LogP contribution in [0.25, 0.3) is 0 Å². The maximum atomic E-state index is 9.87. The summed E-state index contributed by atoms with van der Waals surface area (Å²) in [6.07, 6.45) is 0. The zero-order chi connectivity index (χ0) is 13.9. The lowest BCUT2D eigenvalue weighted by molar-refractivity contribution is 0.0785.